The average molecular weight is 308 g/mol. The minimum absolute atomic E-state index is 0.245. The summed E-state index contributed by atoms with van der Waals surface area (Å²) in [4.78, 5) is 40.6. The lowest BCUT2D eigenvalue weighted by Gasteiger charge is -2.19. The summed E-state index contributed by atoms with van der Waals surface area (Å²) in [7, 11) is 3.16. The Morgan fingerprint density at radius 2 is 2.00 bits per heavy atom. The van der Waals surface area contributed by atoms with Gasteiger partial charge in [0.2, 0.25) is 5.91 Å². The van der Waals surface area contributed by atoms with Crippen LogP contribution in [0.25, 0.3) is 11.2 Å². The van der Waals surface area contributed by atoms with E-state index in [9.17, 15) is 14.4 Å². The van der Waals surface area contributed by atoms with Crippen molar-refractivity contribution >= 4 is 17.1 Å². The van der Waals surface area contributed by atoms with Crippen LogP contribution in [-0.2, 0) is 25.4 Å². The van der Waals surface area contributed by atoms with E-state index in [1.54, 1.807) is 20.9 Å². The highest BCUT2D eigenvalue weighted by Gasteiger charge is 2.18. The second kappa shape index (κ2) is 5.41. The molecule has 3 N–H and O–H groups in total. The smallest absolute Gasteiger partial charge is 0.332 e. The molecule has 0 atom stereocenters. The van der Waals surface area contributed by atoms with Gasteiger partial charge < -0.3 is 15.6 Å². The second-order valence-electron chi connectivity index (χ2n) is 6.03. The summed E-state index contributed by atoms with van der Waals surface area (Å²) in [6.45, 7) is 3.41. The standard InChI is InChI=1S/C13H20N6O3/c1-13(2,14)6-15-8(20)5-19-11(21)9-10(16-7-17(9)3)18(4)12(19)22/h7H,5-6,14H2,1-4H3,(H,15,20). The van der Waals surface area contributed by atoms with Crippen molar-refractivity contribution in [3.8, 4) is 0 Å². The molecule has 0 saturated carbocycles. The highest BCUT2D eigenvalue weighted by Crippen LogP contribution is 2.02. The Bertz CT molecular complexity index is 836. The number of rotatable bonds is 4. The molecule has 120 valence electrons. The van der Waals surface area contributed by atoms with E-state index >= 15 is 0 Å². The molecule has 0 radical (unpaired) electrons. The van der Waals surface area contributed by atoms with Gasteiger partial charge in [-0.2, -0.15) is 0 Å². The number of nitrogens with two attached hydrogens (primary N) is 1. The summed E-state index contributed by atoms with van der Waals surface area (Å²) in [5, 5.41) is 2.61. The highest BCUT2D eigenvalue weighted by molar-refractivity contribution is 5.76. The SMILES string of the molecule is Cn1cnc2c1c(=O)n(CC(=O)NCC(C)(C)N)c(=O)n2C. The second-order valence-corrected chi connectivity index (χ2v) is 6.03. The molecule has 9 heteroatoms. The number of nitrogens with one attached hydrogen (secondary N) is 1. The van der Waals surface area contributed by atoms with Crippen LogP contribution in [0.4, 0.5) is 0 Å². The predicted octanol–water partition coefficient (Wildman–Crippen LogP) is -1.71. The molecule has 0 aliphatic heterocycles. The number of aromatic nitrogens is 4. The van der Waals surface area contributed by atoms with Crippen molar-refractivity contribution in [2.75, 3.05) is 6.54 Å². The van der Waals surface area contributed by atoms with Crippen LogP contribution in [-0.4, -0.2) is 36.7 Å². The number of hydrogen-bond donors (Lipinski definition) is 2. The van der Waals surface area contributed by atoms with Gasteiger partial charge in [-0.05, 0) is 13.8 Å². The molecule has 2 rings (SSSR count). The highest BCUT2D eigenvalue weighted by atomic mass is 16.2. The van der Waals surface area contributed by atoms with E-state index in [2.05, 4.69) is 10.3 Å². The molecule has 9 nitrogen and oxygen atoms in total. The Balaban J connectivity index is 2.40. The van der Waals surface area contributed by atoms with E-state index in [1.807, 2.05) is 0 Å². The van der Waals surface area contributed by atoms with Crippen LogP contribution in [0, 0.1) is 0 Å². The summed E-state index contributed by atoms with van der Waals surface area (Å²) in [6, 6.07) is 0. The monoisotopic (exact) mass is 308 g/mol. The van der Waals surface area contributed by atoms with Crippen molar-refractivity contribution in [1.29, 1.82) is 0 Å². The number of imidazole rings is 1. The summed E-state index contributed by atoms with van der Waals surface area (Å²) in [5.41, 5.74) is 4.64. The van der Waals surface area contributed by atoms with Gasteiger partial charge >= 0.3 is 5.69 Å². The maximum Gasteiger partial charge on any atom is 0.332 e. The Kier molecular flexibility index (Phi) is 3.92. The van der Waals surface area contributed by atoms with Crippen molar-refractivity contribution in [3.05, 3.63) is 27.2 Å². The van der Waals surface area contributed by atoms with E-state index in [-0.39, 0.29) is 24.3 Å². The van der Waals surface area contributed by atoms with Gasteiger partial charge in [0.05, 0.1) is 6.33 Å². The van der Waals surface area contributed by atoms with Crippen molar-refractivity contribution in [2.45, 2.75) is 25.9 Å². The Morgan fingerprint density at radius 3 is 2.59 bits per heavy atom. The number of carbonyl (C=O) groups excluding carboxylic acids is 1. The first-order valence-electron chi connectivity index (χ1n) is 6.78. The zero-order valence-electron chi connectivity index (χ0n) is 13.1. The van der Waals surface area contributed by atoms with Crippen LogP contribution in [0.2, 0.25) is 0 Å². The van der Waals surface area contributed by atoms with Crippen LogP contribution in [0.15, 0.2) is 15.9 Å². The Hall–Kier alpha value is -2.42. The van der Waals surface area contributed by atoms with Crippen LogP contribution < -0.4 is 22.3 Å². The van der Waals surface area contributed by atoms with Crippen LogP contribution in [0.3, 0.4) is 0 Å². The van der Waals surface area contributed by atoms with Gasteiger partial charge in [0.15, 0.2) is 11.2 Å². The summed E-state index contributed by atoms with van der Waals surface area (Å²) in [5.74, 6) is -0.445. The predicted molar refractivity (Wildman–Crippen MR) is 81.5 cm³/mol. The fraction of sp³-hybridized carbons (Fsp3) is 0.538. The molecule has 2 aromatic rings. The average Bonchev–Trinajstić information content (AvgIpc) is 2.80. The maximum atomic E-state index is 12.4. The molecule has 0 bridgehead atoms. The lowest BCUT2D eigenvalue weighted by atomic mass is 10.1. The molecule has 0 spiro atoms. The topological polar surface area (TPSA) is 117 Å². The normalized spacial score (nSPS) is 11.9. The molecule has 2 heterocycles. The lowest BCUT2D eigenvalue weighted by Crippen LogP contribution is -2.48. The first kappa shape index (κ1) is 16.0. The minimum Gasteiger partial charge on any atom is -0.353 e. The number of nitrogens with zero attached hydrogens (tertiary/aromatic N) is 4. The molecule has 0 fully saturated rings. The fourth-order valence-corrected chi connectivity index (χ4v) is 2.06. The first-order chi connectivity index (χ1) is 10.1. The Morgan fingerprint density at radius 1 is 1.36 bits per heavy atom. The number of aryl methyl sites for hydroxylation is 2. The zero-order valence-corrected chi connectivity index (χ0v) is 13.1. The summed E-state index contributed by atoms with van der Waals surface area (Å²) < 4.78 is 3.66. The third-order valence-corrected chi connectivity index (χ3v) is 3.24. The quantitative estimate of drug-likeness (QED) is 0.697. The van der Waals surface area contributed by atoms with E-state index < -0.39 is 22.7 Å². The van der Waals surface area contributed by atoms with Gasteiger partial charge in [-0.3, -0.25) is 14.2 Å². The van der Waals surface area contributed by atoms with Crippen molar-refractivity contribution in [3.63, 3.8) is 0 Å². The lowest BCUT2D eigenvalue weighted by molar-refractivity contribution is -0.122. The van der Waals surface area contributed by atoms with Gasteiger partial charge in [0.25, 0.3) is 5.56 Å². The number of carbonyl (C=O) groups is 1. The fourth-order valence-electron chi connectivity index (χ4n) is 2.06. The van der Waals surface area contributed by atoms with E-state index in [0.717, 1.165) is 4.57 Å². The van der Waals surface area contributed by atoms with Crippen LogP contribution >= 0.6 is 0 Å². The first-order valence-corrected chi connectivity index (χ1v) is 6.78. The molecule has 1 amide bonds. The van der Waals surface area contributed by atoms with Crippen molar-refractivity contribution in [2.24, 2.45) is 19.8 Å². The number of fused-ring (bicyclic) bond motifs is 1. The molecule has 0 aromatic carbocycles. The number of hydrogen-bond acceptors (Lipinski definition) is 5. The van der Waals surface area contributed by atoms with E-state index in [0.29, 0.717) is 0 Å². The van der Waals surface area contributed by atoms with Crippen LogP contribution in [0.1, 0.15) is 13.8 Å². The molecule has 0 saturated heterocycles. The number of amides is 1. The molecule has 2 aromatic heterocycles. The molecule has 0 aliphatic rings. The molecular formula is C13H20N6O3. The van der Waals surface area contributed by atoms with Crippen molar-refractivity contribution in [1.82, 2.24) is 24.0 Å². The summed E-state index contributed by atoms with van der Waals surface area (Å²) in [6.07, 6.45) is 1.45. The molecule has 0 unspecified atom stereocenters. The van der Waals surface area contributed by atoms with E-state index in [4.69, 9.17) is 5.73 Å². The Labute approximate surface area is 126 Å². The van der Waals surface area contributed by atoms with E-state index in [1.165, 1.54) is 22.5 Å². The third kappa shape index (κ3) is 2.93. The van der Waals surface area contributed by atoms with Gasteiger partial charge in [-0.15, -0.1) is 0 Å². The van der Waals surface area contributed by atoms with Crippen molar-refractivity contribution < 1.29 is 4.79 Å². The van der Waals surface area contributed by atoms with Crippen LogP contribution in [0.5, 0.6) is 0 Å². The minimum atomic E-state index is -0.585. The van der Waals surface area contributed by atoms with Gasteiger partial charge in [-0.25, -0.2) is 14.3 Å². The van der Waals surface area contributed by atoms with Gasteiger partial charge in [-0.1, -0.05) is 0 Å². The molecule has 22 heavy (non-hydrogen) atoms. The van der Waals surface area contributed by atoms with Gasteiger partial charge in [0.1, 0.15) is 6.54 Å². The maximum absolute atomic E-state index is 12.4. The largest absolute Gasteiger partial charge is 0.353 e. The molecule has 0 aliphatic carbocycles. The zero-order chi connectivity index (χ0) is 16.7. The molecular weight excluding hydrogens is 288 g/mol. The van der Waals surface area contributed by atoms with Gasteiger partial charge in [0, 0.05) is 26.2 Å². The summed E-state index contributed by atoms with van der Waals surface area (Å²) >= 11 is 0. The third-order valence-electron chi connectivity index (χ3n) is 3.24.